The van der Waals surface area contributed by atoms with Gasteiger partial charge >= 0.3 is 6.18 Å². The van der Waals surface area contributed by atoms with Gasteiger partial charge in [0.15, 0.2) is 5.96 Å². The number of aliphatic imine (C=N–C) groups is 1. The standard InChI is InChI=1S/C17H27F3N4O2S.HI/c1-13(14-6-4-7-15(12-14)17(18,19)20)8-11-23-16(21-2)22-9-5-10-24-27(3,25)26;/h4,6-7,12-13,24H,5,8-11H2,1-3H3,(H2,21,22,23);1H. The summed E-state index contributed by atoms with van der Waals surface area (Å²) < 4.78 is 62.7. The molecule has 0 aliphatic carbocycles. The van der Waals surface area contributed by atoms with E-state index in [1.165, 1.54) is 12.1 Å². The number of nitrogens with one attached hydrogen (secondary N) is 3. The number of alkyl halides is 3. The maximum Gasteiger partial charge on any atom is 0.416 e. The third-order valence-electron chi connectivity index (χ3n) is 3.89. The summed E-state index contributed by atoms with van der Waals surface area (Å²) in [5, 5.41) is 6.15. The molecule has 1 rings (SSSR count). The van der Waals surface area contributed by atoms with Crippen LogP contribution in [0.15, 0.2) is 29.3 Å². The minimum absolute atomic E-state index is 0. The predicted octanol–water partition coefficient (Wildman–Crippen LogP) is 2.92. The van der Waals surface area contributed by atoms with Crippen molar-refractivity contribution in [3.05, 3.63) is 35.4 Å². The van der Waals surface area contributed by atoms with Crippen LogP contribution in [0.3, 0.4) is 0 Å². The van der Waals surface area contributed by atoms with Crippen molar-refractivity contribution in [2.75, 3.05) is 32.9 Å². The molecule has 11 heteroatoms. The van der Waals surface area contributed by atoms with Gasteiger partial charge < -0.3 is 10.6 Å². The van der Waals surface area contributed by atoms with Crippen molar-refractivity contribution in [1.82, 2.24) is 15.4 Å². The molecule has 1 unspecified atom stereocenters. The monoisotopic (exact) mass is 536 g/mol. The van der Waals surface area contributed by atoms with Crippen molar-refractivity contribution in [2.24, 2.45) is 4.99 Å². The zero-order chi connectivity index (χ0) is 20.5. The maximum absolute atomic E-state index is 12.8. The minimum atomic E-state index is -4.34. The smallest absolute Gasteiger partial charge is 0.356 e. The average molecular weight is 536 g/mol. The van der Waals surface area contributed by atoms with E-state index in [-0.39, 0.29) is 29.9 Å². The van der Waals surface area contributed by atoms with E-state index in [4.69, 9.17) is 0 Å². The van der Waals surface area contributed by atoms with Gasteiger partial charge in [-0.25, -0.2) is 13.1 Å². The van der Waals surface area contributed by atoms with Crippen LogP contribution in [0.25, 0.3) is 0 Å². The Morgan fingerprint density at radius 2 is 1.82 bits per heavy atom. The summed E-state index contributed by atoms with van der Waals surface area (Å²) in [5.74, 6) is 0.516. The molecule has 0 fully saturated rings. The van der Waals surface area contributed by atoms with Crippen LogP contribution in [0, 0.1) is 0 Å². The van der Waals surface area contributed by atoms with E-state index in [0.29, 0.717) is 44.0 Å². The van der Waals surface area contributed by atoms with Crippen molar-refractivity contribution in [3.63, 3.8) is 0 Å². The fourth-order valence-electron chi connectivity index (χ4n) is 2.37. The Labute approximate surface area is 181 Å². The van der Waals surface area contributed by atoms with Crippen LogP contribution in [0.5, 0.6) is 0 Å². The Hall–Kier alpha value is -1.08. The molecule has 1 aromatic rings. The van der Waals surface area contributed by atoms with Crippen LogP contribution >= 0.6 is 24.0 Å². The first-order valence-corrected chi connectivity index (χ1v) is 10.5. The lowest BCUT2D eigenvalue weighted by Crippen LogP contribution is -2.39. The van der Waals surface area contributed by atoms with E-state index in [2.05, 4.69) is 20.3 Å². The molecule has 0 aliphatic rings. The second kappa shape index (κ2) is 12.5. The molecule has 1 aromatic carbocycles. The van der Waals surface area contributed by atoms with E-state index >= 15 is 0 Å². The molecule has 0 heterocycles. The van der Waals surface area contributed by atoms with Crippen LogP contribution in [0.4, 0.5) is 13.2 Å². The highest BCUT2D eigenvalue weighted by atomic mass is 127. The van der Waals surface area contributed by atoms with Gasteiger partial charge in [0.2, 0.25) is 10.0 Å². The van der Waals surface area contributed by atoms with Gasteiger partial charge in [0.25, 0.3) is 0 Å². The maximum atomic E-state index is 12.8. The average Bonchev–Trinajstić information content (AvgIpc) is 2.58. The predicted molar refractivity (Wildman–Crippen MR) is 117 cm³/mol. The van der Waals surface area contributed by atoms with E-state index in [0.717, 1.165) is 12.3 Å². The zero-order valence-electron chi connectivity index (χ0n) is 16.1. The molecule has 3 N–H and O–H groups in total. The summed E-state index contributed by atoms with van der Waals surface area (Å²) in [5.41, 5.74) is 0.00130. The van der Waals surface area contributed by atoms with Crippen molar-refractivity contribution < 1.29 is 21.6 Å². The van der Waals surface area contributed by atoms with E-state index in [1.54, 1.807) is 13.1 Å². The molecule has 0 saturated heterocycles. The second-order valence-electron chi connectivity index (χ2n) is 6.26. The lowest BCUT2D eigenvalue weighted by atomic mass is 9.96. The SMILES string of the molecule is CN=C(NCCCNS(C)(=O)=O)NCCC(C)c1cccc(C(F)(F)F)c1.I. The highest BCUT2D eigenvalue weighted by Crippen LogP contribution is 2.31. The summed E-state index contributed by atoms with van der Waals surface area (Å²) >= 11 is 0. The molecule has 0 saturated carbocycles. The number of halogens is 4. The molecule has 0 amide bonds. The number of rotatable bonds is 9. The topological polar surface area (TPSA) is 82.6 Å². The molecular formula is C17H28F3IN4O2S. The fraction of sp³-hybridized carbons (Fsp3) is 0.588. The number of hydrogen-bond donors (Lipinski definition) is 3. The fourth-order valence-corrected chi connectivity index (χ4v) is 2.88. The third-order valence-corrected chi connectivity index (χ3v) is 4.62. The Kier molecular flexibility index (Phi) is 12.0. The van der Waals surface area contributed by atoms with Crippen LogP contribution in [-0.2, 0) is 16.2 Å². The molecular weight excluding hydrogens is 508 g/mol. The van der Waals surface area contributed by atoms with Crippen LogP contribution in [0.1, 0.15) is 36.8 Å². The van der Waals surface area contributed by atoms with Gasteiger partial charge in [-0.2, -0.15) is 13.2 Å². The molecule has 1 atom stereocenters. The number of guanidine groups is 1. The van der Waals surface area contributed by atoms with Gasteiger partial charge in [0, 0.05) is 26.7 Å². The van der Waals surface area contributed by atoms with Crippen molar-refractivity contribution in [2.45, 2.75) is 31.9 Å². The van der Waals surface area contributed by atoms with E-state index in [1.807, 2.05) is 6.92 Å². The number of hydrogen-bond acceptors (Lipinski definition) is 3. The normalized spacial score (nSPS) is 13.6. The molecule has 0 spiro atoms. The van der Waals surface area contributed by atoms with E-state index in [9.17, 15) is 21.6 Å². The van der Waals surface area contributed by atoms with Crippen molar-refractivity contribution >= 4 is 40.0 Å². The van der Waals surface area contributed by atoms with Gasteiger partial charge in [0.05, 0.1) is 11.8 Å². The highest BCUT2D eigenvalue weighted by Gasteiger charge is 2.30. The first-order chi connectivity index (χ1) is 12.5. The largest absolute Gasteiger partial charge is 0.416 e. The highest BCUT2D eigenvalue weighted by molar-refractivity contribution is 14.0. The summed E-state index contributed by atoms with van der Waals surface area (Å²) in [6.45, 7) is 3.28. The first kappa shape index (κ1) is 26.9. The zero-order valence-corrected chi connectivity index (χ0v) is 19.3. The summed E-state index contributed by atoms with van der Waals surface area (Å²) in [6, 6.07) is 5.38. The summed E-state index contributed by atoms with van der Waals surface area (Å²) in [7, 11) is -1.58. The van der Waals surface area contributed by atoms with Gasteiger partial charge in [-0.3, -0.25) is 4.99 Å². The Bertz CT molecular complexity index is 727. The van der Waals surface area contributed by atoms with Crippen LogP contribution in [-0.4, -0.2) is 47.3 Å². The second-order valence-corrected chi connectivity index (χ2v) is 8.09. The number of sulfonamides is 1. The Morgan fingerprint density at radius 3 is 2.39 bits per heavy atom. The van der Waals surface area contributed by atoms with Crippen molar-refractivity contribution in [1.29, 1.82) is 0 Å². The lowest BCUT2D eigenvalue weighted by molar-refractivity contribution is -0.137. The van der Waals surface area contributed by atoms with E-state index < -0.39 is 21.8 Å². The minimum Gasteiger partial charge on any atom is -0.356 e. The molecule has 6 nitrogen and oxygen atoms in total. The molecule has 0 radical (unpaired) electrons. The first-order valence-electron chi connectivity index (χ1n) is 8.59. The van der Waals surface area contributed by atoms with Gasteiger partial charge in [-0.15, -0.1) is 24.0 Å². The van der Waals surface area contributed by atoms with Crippen LogP contribution in [0.2, 0.25) is 0 Å². The van der Waals surface area contributed by atoms with Crippen molar-refractivity contribution in [3.8, 4) is 0 Å². The third kappa shape index (κ3) is 11.1. The number of benzene rings is 1. The Balaban J connectivity index is 0.00000729. The molecule has 162 valence electrons. The molecule has 28 heavy (non-hydrogen) atoms. The van der Waals surface area contributed by atoms with Crippen LogP contribution < -0.4 is 15.4 Å². The van der Waals surface area contributed by atoms with Gasteiger partial charge in [-0.1, -0.05) is 25.1 Å². The summed E-state index contributed by atoms with van der Waals surface area (Å²) in [4.78, 5) is 4.06. The van der Waals surface area contributed by atoms with Gasteiger partial charge in [-0.05, 0) is 30.4 Å². The quantitative estimate of drug-likeness (QED) is 0.196. The Morgan fingerprint density at radius 1 is 1.18 bits per heavy atom. The lowest BCUT2D eigenvalue weighted by Gasteiger charge is -2.16. The van der Waals surface area contributed by atoms with Gasteiger partial charge in [0.1, 0.15) is 0 Å². The molecule has 0 bridgehead atoms. The number of nitrogens with zero attached hydrogens (tertiary/aromatic N) is 1. The molecule has 0 aliphatic heterocycles. The molecule has 0 aromatic heterocycles. The summed E-state index contributed by atoms with van der Waals surface area (Å²) in [6.07, 6.45) is -2.01.